The lowest BCUT2D eigenvalue weighted by Gasteiger charge is -2.37. The first kappa shape index (κ1) is 14.9. The van der Waals surface area contributed by atoms with Crippen LogP contribution in [0.1, 0.15) is 40.5 Å². The molecule has 0 aliphatic heterocycles. The minimum Gasteiger partial charge on any atom is -0.379 e. The van der Waals surface area contributed by atoms with E-state index in [0.717, 1.165) is 18.9 Å². The van der Waals surface area contributed by atoms with E-state index in [9.17, 15) is 0 Å². The van der Waals surface area contributed by atoms with Gasteiger partial charge in [0.15, 0.2) is 0 Å². The fourth-order valence-corrected chi connectivity index (χ4v) is 2.74. The van der Waals surface area contributed by atoms with Crippen molar-refractivity contribution in [3.8, 4) is 0 Å². The summed E-state index contributed by atoms with van der Waals surface area (Å²) in [6.07, 6.45) is 2.53. The molecule has 17 heavy (non-hydrogen) atoms. The molecular weight excluding hydrogens is 214 g/mol. The first-order valence-electron chi connectivity index (χ1n) is 6.95. The van der Waals surface area contributed by atoms with Crippen molar-refractivity contribution >= 4 is 0 Å². The van der Waals surface area contributed by atoms with Gasteiger partial charge in [-0.25, -0.2) is 0 Å². The summed E-state index contributed by atoms with van der Waals surface area (Å²) in [6.45, 7) is 11.0. The second-order valence-corrected chi connectivity index (χ2v) is 6.02. The maximum Gasteiger partial charge on any atom is 0.0752 e. The summed E-state index contributed by atoms with van der Waals surface area (Å²) in [6, 6.07) is 0.193. The van der Waals surface area contributed by atoms with Crippen LogP contribution < -0.4 is 5.73 Å². The van der Waals surface area contributed by atoms with Crippen LogP contribution in [0.3, 0.4) is 0 Å². The molecule has 0 spiro atoms. The first-order valence-corrected chi connectivity index (χ1v) is 6.95. The second kappa shape index (κ2) is 7.34. The van der Waals surface area contributed by atoms with Crippen LogP contribution in [0.15, 0.2) is 0 Å². The Morgan fingerprint density at radius 1 is 1.18 bits per heavy atom. The van der Waals surface area contributed by atoms with Gasteiger partial charge in [0.25, 0.3) is 0 Å². The highest BCUT2D eigenvalue weighted by atomic mass is 16.5. The van der Waals surface area contributed by atoms with Crippen molar-refractivity contribution in [2.45, 2.75) is 52.7 Å². The van der Waals surface area contributed by atoms with E-state index in [1.807, 2.05) is 0 Å². The molecule has 0 heterocycles. The molecule has 3 nitrogen and oxygen atoms in total. The van der Waals surface area contributed by atoms with Crippen molar-refractivity contribution in [3.63, 3.8) is 0 Å². The number of nitrogens with two attached hydrogens (primary N) is 1. The number of hydrogen-bond acceptors (Lipinski definition) is 3. The fraction of sp³-hybridized carbons (Fsp3) is 1.00. The van der Waals surface area contributed by atoms with Gasteiger partial charge in [-0.1, -0.05) is 27.7 Å². The minimum absolute atomic E-state index is 0.193. The van der Waals surface area contributed by atoms with Crippen molar-refractivity contribution in [3.05, 3.63) is 0 Å². The highest BCUT2D eigenvalue weighted by Gasteiger charge is 2.32. The maximum atomic E-state index is 6.16. The normalized spacial score (nSPS) is 34.2. The van der Waals surface area contributed by atoms with Crippen molar-refractivity contribution < 1.29 is 9.47 Å². The lowest BCUT2D eigenvalue weighted by Crippen LogP contribution is -2.46. The quantitative estimate of drug-likeness (QED) is 0.729. The Hall–Kier alpha value is -0.120. The Balaban J connectivity index is 2.17. The zero-order chi connectivity index (χ0) is 12.8. The number of ether oxygens (including phenoxy) is 2. The standard InChI is InChI=1S/C14H29NO2/c1-10(2)9-16-5-6-17-14-12(4)7-11(3)8-13(14)15/h10-14H,5-9,15H2,1-4H3. The lowest BCUT2D eigenvalue weighted by atomic mass is 9.78. The van der Waals surface area contributed by atoms with E-state index in [4.69, 9.17) is 15.2 Å². The van der Waals surface area contributed by atoms with Crippen LogP contribution in [-0.4, -0.2) is 32.0 Å². The topological polar surface area (TPSA) is 44.5 Å². The van der Waals surface area contributed by atoms with E-state index in [0.29, 0.717) is 25.0 Å². The predicted octanol–water partition coefficient (Wildman–Crippen LogP) is 2.44. The molecule has 102 valence electrons. The summed E-state index contributed by atoms with van der Waals surface area (Å²) in [5.74, 6) is 1.89. The van der Waals surface area contributed by atoms with E-state index in [-0.39, 0.29) is 12.1 Å². The summed E-state index contributed by atoms with van der Waals surface area (Å²) in [4.78, 5) is 0. The average molecular weight is 243 g/mol. The maximum absolute atomic E-state index is 6.16. The summed E-state index contributed by atoms with van der Waals surface area (Å²) in [5, 5.41) is 0. The van der Waals surface area contributed by atoms with Gasteiger partial charge in [-0.15, -0.1) is 0 Å². The van der Waals surface area contributed by atoms with E-state index in [2.05, 4.69) is 27.7 Å². The van der Waals surface area contributed by atoms with Crippen LogP contribution in [0.4, 0.5) is 0 Å². The molecule has 1 rings (SSSR count). The van der Waals surface area contributed by atoms with Gasteiger partial charge in [0, 0.05) is 12.6 Å². The van der Waals surface area contributed by atoms with Gasteiger partial charge in [0.1, 0.15) is 0 Å². The van der Waals surface area contributed by atoms with Gasteiger partial charge < -0.3 is 15.2 Å². The van der Waals surface area contributed by atoms with E-state index in [1.54, 1.807) is 0 Å². The summed E-state index contributed by atoms with van der Waals surface area (Å²) in [7, 11) is 0. The Labute approximate surface area is 106 Å². The molecule has 1 saturated carbocycles. The molecule has 0 amide bonds. The highest BCUT2D eigenvalue weighted by molar-refractivity contribution is 4.86. The largest absolute Gasteiger partial charge is 0.379 e. The Morgan fingerprint density at radius 3 is 2.47 bits per heavy atom. The summed E-state index contributed by atoms with van der Waals surface area (Å²) >= 11 is 0. The SMILES string of the molecule is CC(C)COCCOC1C(C)CC(C)CC1N. The zero-order valence-corrected chi connectivity index (χ0v) is 11.8. The highest BCUT2D eigenvalue weighted by Crippen LogP contribution is 2.29. The van der Waals surface area contributed by atoms with E-state index in [1.165, 1.54) is 6.42 Å². The molecule has 0 radical (unpaired) electrons. The molecule has 1 fully saturated rings. The summed E-state index contributed by atoms with van der Waals surface area (Å²) < 4.78 is 11.4. The molecule has 0 aromatic carbocycles. The lowest BCUT2D eigenvalue weighted by molar-refractivity contribution is -0.0525. The number of hydrogen-bond donors (Lipinski definition) is 1. The van der Waals surface area contributed by atoms with Gasteiger partial charge >= 0.3 is 0 Å². The van der Waals surface area contributed by atoms with Crippen LogP contribution in [0.25, 0.3) is 0 Å². The van der Waals surface area contributed by atoms with Crippen LogP contribution >= 0.6 is 0 Å². The molecule has 0 aromatic heterocycles. The van der Waals surface area contributed by atoms with Gasteiger partial charge in [-0.05, 0) is 30.6 Å². The van der Waals surface area contributed by atoms with Crippen molar-refractivity contribution in [1.82, 2.24) is 0 Å². The van der Waals surface area contributed by atoms with Crippen LogP contribution in [0.2, 0.25) is 0 Å². The fourth-order valence-electron chi connectivity index (χ4n) is 2.74. The molecule has 0 saturated heterocycles. The number of rotatable bonds is 6. The van der Waals surface area contributed by atoms with Gasteiger partial charge in [0.2, 0.25) is 0 Å². The van der Waals surface area contributed by atoms with E-state index < -0.39 is 0 Å². The summed E-state index contributed by atoms with van der Waals surface area (Å²) in [5.41, 5.74) is 6.16. The second-order valence-electron chi connectivity index (χ2n) is 6.02. The molecule has 4 unspecified atom stereocenters. The molecule has 0 bridgehead atoms. The molecule has 2 N–H and O–H groups in total. The minimum atomic E-state index is 0.193. The average Bonchev–Trinajstić information content (AvgIpc) is 2.20. The predicted molar refractivity (Wildman–Crippen MR) is 70.9 cm³/mol. The van der Waals surface area contributed by atoms with Gasteiger partial charge in [-0.3, -0.25) is 0 Å². The van der Waals surface area contributed by atoms with Crippen molar-refractivity contribution in [2.24, 2.45) is 23.5 Å². The third-order valence-corrected chi connectivity index (χ3v) is 3.42. The molecule has 0 aromatic rings. The van der Waals surface area contributed by atoms with Crippen molar-refractivity contribution in [1.29, 1.82) is 0 Å². The van der Waals surface area contributed by atoms with Crippen molar-refractivity contribution in [2.75, 3.05) is 19.8 Å². The third kappa shape index (κ3) is 5.36. The van der Waals surface area contributed by atoms with Crippen LogP contribution in [0, 0.1) is 17.8 Å². The smallest absolute Gasteiger partial charge is 0.0752 e. The Bertz CT molecular complexity index is 196. The molecular formula is C14H29NO2. The van der Waals surface area contributed by atoms with E-state index >= 15 is 0 Å². The monoisotopic (exact) mass is 243 g/mol. The van der Waals surface area contributed by atoms with Crippen LogP contribution in [0.5, 0.6) is 0 Å². The zero-order valence-electron chi connectivity index (χ0n) is 11.8. The molecule has 1 aliphatic rings. The molecule has 3 heteroatoms. The molecule has 1 aliphatic carbocycles. The van der Waals surface area contributed by atoms with Gasteiger partial charge in [-0.2, -0.15) is 0 Å². The van der Waals surface area contributed by atoms with Gasteiger partial charge in [0.05, 0.1) is 19.3 Å². The molecule has 4 atom stereocenters. The third-order valence-electron chi connectivity index (χ3n) is 3.42. The first-order chi connectivity index (χ1) is 8.00. The van der Waals surface area contributed by atoms with Crippen LogP contribution in [-0.2, 0) is 9.47 Å². The Kier molecular flexibility index (Phi) is 6.45. The Morgan fingerprint density at radius 2 is 1.88 bits per heavy atom.